The number of likely N-dealkylation sites (N-methyl/N-ethyl adjacent to an activating group) is 1. The van der Waals surface area contributed by atoms with Crippen LogP contribution >= 0.6 is 0 Å². The van der Waals surface area contributed by atoms with Gasteiger partial charge >= 0.3 is 0 Å². The lowest BCUT2D eigenvalue weighted by Crippen LogP contribution is -2.28. The minimum atomic E-state index is -0.206. The molecule has 5 rings (SSSR count). The van der Waals surface area contributed by atoms with Crippen LogP contribution in [0.5, 0.6) is 0 Å². The highest BCUT2D eigenvalue weighted by Crippen LogP contribution is 2.42. The largest absolute Gasteiger partial charge is 0.362 e. The Kier molecular flexibility index (Phi) is 3.27. The number of fused-ring (bicyclic) bond motifs is 3. The maximum atomic E-state index is 5.97. The predicted octanol–water partition coefficient (Wildman–Crippen LogP) is 3.26. The van der Waals surface area contributed by atoms with Gasteiger partial charge in [0.15, 0.2) is 0 Å². The van der Waals surface area contributed by atoms with Crippen LogP contribution in [0.4, 0.5) is 0 Å². The number of aromatic nitrogens is 2. The van der Waals surface area contributed by atoms with Crippen molar-refractivity contribution in [3.8, 4) is 0 Å². The third-order valence-corrected chi connectivity index (χ3v) is 5.69. The van der Waals surface area contributed by atoms with Crippen LogP contribution in [0.15, 0.2) is 42.7 Å². The van der Waals surface area contributed by atoms with Crippen LogP contribution in [0.2, 0.25) is 0 Å². The molecule has 4 heterocycles. The Hall–Kier alpha value is -2.17. The number of nitrogens with zero attached hydrogens (tertiary/aromatic N) is 3. The van der Waals surface area contributed by atoms with Gasteiger partial charge in [0, 0.05) is 54.1 Å². The summed E-state index contributed by atoms with van der Waals surface area (Å²) < 4.78 is 8.48. The van der Waals surface area contributed by atoms with E-state index in [-0.39, 0.29) is 5.60 Å². The molecule has 0 N–H and O–H groups in total. The van der Waals surface area contributed by atoms with Crippen LogP contribution in [0.1, 0.15) is 22.4 Å². The lowest BCUT2D eigenvalue weighted by Gasteiger charge is -2.25. The van der Waals surface area contributed by atoms with Crippen molar-refractivity contribution in [2.45, 2.75) is 32.0 Å². The van der Waals surface area contributed by atoms with Crippen LogP contribution in [0.3, 0.4) is 0 Å². The topological polar surface area (TPSA) is 33.6 Å². The van der Waals surface area contributed by atoms with Crippen molar-refractivity contribution in [1.82, 2.24) is 14.5 Å². The molecule has 0 aliphatic carbocycles. The molecule has 3 aromatic rings. The van der Waals surface area contributed by atoms with Gasteiger partial charge in [0.05, 0.1) is 13.2 Å². The summed E-state index contributed by atoms with van der Waals surface area (Å²) in [5.74, 6) is 0. The quantitative estimate of drug-likeness (QED) is 0.690. The zero-order valence-corrected chi connectivity index (χ0v) is 14.8. The summed E-state index contributed by atoms with van der Waals surface area (Å²) >= 11 is 0. The number of hydrogen-bond acceptors (Lipinski definition) is 3. The molecular weight excluding hydrogens is 310 g/mol. The number of pyridine rings is 1. The zero-order valence-electron chi connectivity index (χ0n) is 14.8. The van der Waals surface area contributed by atoms with E-state index in [1.165, 1.54) is 33.3 Å². The number of epoxide rings is 1. The first-order valence-corrected chi connectivity index (χ1v) is 9.00. The van der Waals surface area contributed by atoms with Crippen LogP contribution < -0.4 is 0 Å². The van der Waals surface area contributed by atoms with Gasteiger partial charge in [0.2, 0.25) is 0 Å². The number of ether oxygens (including phenoxy) is 1. The standard InChI is InChI=1S/C21H23N3O/c1-15-5-6-19-17(10-15)18-12-23(2)9-7-20(18)24(19)13-21(14-25-21)16-4-3-8-22-11-16/h3-6,8,10-11H,7,9,12-14H2,1-2H3. The van der Waals surface area contributed by atoms with Gasteiger partial charge in [-0.15, -0.1) is 0 Å². The van der Waals surface area contributed by atoms with Crippen molar-refractivity contribution in [2.24, 2.45) is 0 Å². The maximum Gasteiger partial charge on any atom is 0.136 e. The van der Waals surface area contributed by atoms with Gasteiger partial charge in [0.25, 0.3) is 0 Å². The fourth-order valence-corrected chi connectivity index (χ4v) is 4.20. The summed E-state index contributed by atoms with van der Waals surface area (Å²) in [6, 6.07) is 11.0. The van der Waals surface area contributed by atoms with Crippen molar-refractivity contribution >= 4 is 10.9 Å². The Morgan fingerprint density at radius 3 is 2.92 bits per heavy atom. The highest BCUT2D eigenvalue weighted by atomic mass is 16.6. The lowest BCUT2D eigenvalue weighted by atomic mass is 10.0. The molecule has 1 saturated heterocycles. The van der Waals surface area contributed by atoms with E-state index < -0.39 is 0 Å². The molecule has 1 unspecified atom stereocenters. The molecule has 128 valence electrons. The summed E-state index contributed by atoms with van der Waals surface area (Å²) in [7, 11) is 2.21. The first kappa shape index (κ1) is 15.1. The van der Waals surface area contributed by atoms with Crippen LogP contribution in [-0.2, 0) is 29.8 Å². The smallest absolute Gasteiger partial charge is 0.136 e. The van der Waals surface area contributed by atoms with Gasteiger partial charge in [-0.1, -0.05) is 17.7 Å². The fraction of sp³-hybridized carbons (Fsp3) is 0.381. The van der Waals surface area contributed by atoms with Gasteiger partial charge in [-0.2, -0.15) is 0 Å². The molecule has 1 aromatic carbocycles. The summed E-state index contributed by atoms with van der Waals surface area (Å²) in [6.45, 7) is 5.97. The third kappa shape index (κ3) is 2.40. The van der Waals surface area contributed by atoms with Crippen molar-refractivity contribution in [2.75, 3.05) is 20.2 Å². The van der Waals surface area contributed by atoms with E-state index in [1.54, 1.807) is 0 Å². The van der Waals surface area contributed by atoms with Gasteiger partial charge < -0.3 is 14.2 Å². The van der Waals surface area contributed by atoms with E-state index in [2.05, 4.69) is 52.7 Å². The molecule has 2 aromatic heterocycles. The number of hydrogen-bond donors (Lipinski definition) is 0. The second kappa shape index (κ2) is 5.41. The van der Waals surface area contributed by atoms with Gasteiger partial charge in [-0.05, 0) is 37.7 Å². The third-order valence-electron chi connectivity index (χ3n) is 5.69. The van der Waals surface area contributed by atoms with Crippen LogP contribution in [0.25, 0.3) is 10.9 Å². The average Bonchev–Trinajstić information content (AvgIpc) is 3.36. The van der Waals surface area contributed by atoms with E-state index in [4.69, 9.17) is 4.74 Å². The molecule has 4 heteroatoms. The molecule has 2 aliphatic rings. The number of benzene rings is 1. The maximum absolute atomic E-state index is 5.97. The predicted molar refractivity (Wildman–Crippen MR) is 98.6 cm³/mol. The molecule has 0 bridgehead atoms. The van der Waals surface area contributed by atoms with E-state index >= 15 is 0 Å². The highest BCUT2D eigenvalue weighted by Gasteiger charge is 2.47. The van der Waals surface area contributed by atoms with E-state index in [0.717, 1.165) is 32.7 Å². The van der Waals surface area contributed by atoms with Gasteiger partial charge in [-0.25, -0.2) is 0 Å². The van der Waals surface area contributed by atoms with Crippen LogP contribution in [-0.4, -0.2) is 34.7 Å². The van der Waals surface area contributed by atoms with Gasteiger partial charge in [0.1, 0.15) is 5.60 Å². The SMILES string of the molecule is Cc1ccc2c(c1)c1c(n2CC2(c3cccnc3)CO2)CCN(C)C1. The second-order valence-electron chi connectivity index (χ2n) is 7.54. The van der Waals surface area contributed by atoms with Gasteiger partial charge in [-0.3, -0.25) is 4.98 Å². The minimum absolute atomic E-state index is 0.206. The Morgan fingerprint density at radius 2 is 2.16 bits per heavy atom. The molecule has 2 aliphatic heterocycles. The Balaban J connectivity index is 1.64. The zero-order chi connectivity index (χ0) is 17.0. The van der Waals surface area contributed by atoms with E-state index in [0.29, 0.717) is 0 Å². The Labute approximate surface area is 148 Å². The molecule has 0 radical (unpaired) electrons. The van der Waals surface area contributed by atoms with Crippen molar-refractivity contribution < 1.29 is 4.74 Å². The Morgan fingerprint density at radius 1 is 1.28 bits per heavy atom. The van der Waals surface area contributed by atoms with Crippen molar-refractivity contribution in [1.29, 1.82) is 0 Å². The fourth-order valence-electron chi connectivity index (χ4n) is 4.20. The Bertz CT molecular complexity index is 941. The summed E-state index contributed by atoms with van der Waals surface area (Å²) in [4.78, 5) is 6.71. The monoisotopic (exact) mass is 333 g/mol. The minimum Gasteiger partial charge on any atom is -0.362 e. The first-order valence-electron chi connectivity index (χ1n) is 9.00. The van der Waals surface area contributed by atoms with Crippen molar-refractivity contribution in [3.05, 3.63) is 65.1 Å². The molecule has 25 heavy (non-hydrogen) atoms. The second-order valence-corrected chi connectivity index (χ2v) is 7.54. The highest BCUT2D eigenvalue weighted by molar-refractivity contribution is 5.86. The molecular formula is C21H23N3O. The normalized spacial score (nSPS) is 23.0. The van der Waals surface area contributed by atoms with Crippen molar-refractivity contribution in [3.63, 3.8) is 0 Å². The molecule has 0 saturated carbocycles. The number of aryl methyl sites for hydroxylation is 1. The molecule has 0 spiro atoms. The van der Waals surface area contributed by atoms with E-state index in [9.17, 15) is 0 Å². The summed E-state index contributed by atoms with van der Waals surface area (Å²) in [5, 5.41) is 1.41. The van der Waals surface area contributed by atoms with E-state index in [1.807, 2.05) is 18.5 Å². The lowest BCUT2D eigenvalue weighted by molar-refractivity contribution is 0.270. The molecule has 4 nitrogen and oxygen atoms in total. The molecule has 1 atom stereocenters. The summed E-state index contributed by atoms with van der Waals surface area (Å²) in [6.07, 6.45) is 4.87. The summed E-state index contributed by atoms with van der Waals surface area (Å²) in [5.41, 5.74) is 6.62. The number of rotatable bonds is 3. The van der Waals surface area contributed by atoms with Crippen LogP contribution in [0, 0.1) is 6.92 Å². The average molecular weight is 333 g/mol. The molecule has 1 fully saturated rings. The molecule has 0 amide bonds. The first-order chi connectivity index (χ1) is 12.2.